The monoisotopic (exact) mass is 688 g/mol. The quantitative estimate of drug-likeness (QED) is 0.127. The third kappa shape index (κ3) is 10.7. The van der Waals surface area contributed by atoms with Crippen molar-refractivity contribution in [1.82, 2.24) is 10.2 Å². The van der Waals surface area contributed by atoms with Crippen molar-refractivity contribution in [3.05, 3.63) is 32.9 Å². The molecule has 1 aromatic rings. The van der Waals surface area contributed by atoms with Gasteiger partial charge in [-0.15, -0.1) is 0 Å². The Labute approximate surface area is 254 Å². The molecule has 0 saturated carbocycles. The van der Waals surface area contributed by atoms with Crippen molar-refractivity contribution in [1.29, 1.82) is 0 Å². The summed E-state index contributed by atoms with van der Waals surface area (Å²) in [5.41, 5.74) is 0.670. The Kier molecular flexibility index (Phi) is 14.7. The number of Topliss-reactive ketones (excluding diaryl/α,β-unsaturated/α-hetero) is 1. The van der Waals surface area contributed by atoms with E-state index in [1.807, 2.05) is 36.4 Å². The molecule has 228 valence electrons. The van der Waals surface area contributed by atoms with Crippen LogP contribution in [0.15, 0.2) is 23.8 Å². The van der Waals surface area contributed by atoms with Gasteiger partial charge in [0.2, 0.25) is 11.8 Å². The minimum atomic E-state index is -1.22. The Bertz CT molecular complexity index is 1090. The highest BCUT2D eigenvalue weighted by Gasteiger charge is 2.40. The third-order valence-electron chi connectivity index (χ3n) is 6.49. The van der Waals surface area contributed by atoms with E-state index in [-0.39, 0.29) is 73.8 Å². The summed E-state index contributed by atoms with van der Waals surface area (Å²) in [6.07, 6.45) is 1.23. The van der Waals surface area contributed by atoms with Crippen LogP contribution >= 0.6 is 22.6 Å². The molecule has 41 heavy (non-hydrogen) atoms. The normalized spacial score (nSPS) is 18.4. The number of benzene rings is 1. The molecular formula is C29H41IN2O9. The Morgan fingerprint density at radius 3 is 2.56 bits per heavy atom. The van der Waals surface area contributed by atoms with Crippen molar-refractivity contribution >= 4 is 46.5 Å². The van der Waals surface area contributed by atoms with Crippen LogP contribution in [0.1, 0.15) is 63.2 Å². The zero-order valence-electron chi connectivity index (χ0n) is 24.1. The minimum absolute atomic E-state index is 0.0144. The van der Waals surface area contributed by atoms with Crippen LogP contribution in [0.4, 0.5) is 0 Å². The Morgan fingerprint density at radius 2 is 1.95 bits per heavy atom. The first-order valence-corrected chi connectivity index (χ1v) is 14.8. The van der Waals surface area contributed by atoms with Gasteiger partial charge in [0.25, 0.3) is 0 Å². The largest absolute Gasteiger partial charge is 0.493 e. The van der Waals surface area contributed by atoms with Crippen LogP contribution < -0.4 is 14.8 Å². The van der Waals surface area contributed by atoms with E-state index in [2.05, 4.69) is 5.32 Å². The molecular weight excluding hydrogens is 647 g/mol. The van der Waals surface area contributed by atoms with Gasteiger partial charge in [-0.25, -0.2) is 0 Å². The number of aliphatic hydroxyl groups is 2. The molecule has 11 nitrogen and oxygen atoms in total. The van der Waals surface area contributed by atoms with E-state index in [4.69, 9.17) is 14.2 Å². The molecule has 2 rings (SSSR count). The van der Waals surface area contributed by atoms with E-state index in [1.165, 1.54) is 26.2 Å². The lowest BCUT2D eigenvalue weighted by Crippen LogP contribution is -2.55. The molecule has 3 N–H and O–H groups in total. The number of nitrogens with zero attached hydrogens (tertiary/aromatic N) is 1. The van der Waals surface area contributed by atoms with Gasteiger partial charge in [-0.1, -0.05) is 0 Å². The number of hydrogen-bond acceptors (Lipinski definition) is 9. The van der Waals surface area contributed by atoms with Crippen LogP contribution in [0.2, 0.25) is 0 Å². The van der Waals surface area contributed by atoms with Crippen LogP contribution in [0.5, 0.6) is 11.5 Å². The Balaban J connectivity index is 2.45. The number of hydrogen-bond donors (Lipinski definition) is 3. The van der Waals surface area contributed by atoms with E-state index < -0.39 is 24.2 Å². The fraction of sp³-hybridized carbons (Fsp3) is 0.586. The minimum Gasteiger partial charge on any atom is -0.493 e. The highest BCUT2D eigenvalue weighted by Crippen LogP contribution is 2.37. The molecule has 0 aromatic heterocycles. The molecule has 0 bridgehead atoms. The average Bonchev–Trinajstić information content (AvgIpc) is 2.93. The van der Waals surface area contributed by atoms with Crippen molar-refractivity contribution in [2.24, 2.45) is 0 Å². The van der Waals surface area contributed by atoms with Gasteiger partial charge in [-0.3, -0.25) is 14.4 Å². The summed E-state index contributed by atoms with van der Waals surface area (Å²) < 4.78 is 17.9. The van der Waals surface area contributed by atoms with Gasteiger partial charge in [0, 0.05) is 50.1 Å². The molecule has 0 radical (unpaired) electrons. The molecule has 1 aromatic carbocycles. The van der Waals surface area contributed by atoms with Crippen molar-refractivity contribution in [3.8, 4) is 11.5 Å². The summed E-state index contributed by atoms with van der Waals surface area (Å²) in [7, 11) is 1.43. The maximum absolute atomic E-state index is 13.5. The van der Waals surface area contributed by atoms with Crippen LogP contribution in [0.25, 0.3) is 0 Å². The summed E-state index contributed by atoms with van der Waals surface area (Å²) in [6, 6.07) is 2.30. The number of halogens is 1. The average molecular weight is 689 g/mol. The summed E-state index contributed by atoms with van der Waals surface area (Å²) in [6.45, 7) is 5.75. The zero-order valence-corrected chi connectivity index (χ0v) is 26.2. The van der Waals surface area contributed by atoms with E-state index in [0.717, 1.165) is 0 Å². The smallest absolute Gasteiger partial charge is 0.247 e. The lowest BCUT2D eigenvalue weighted by molar-refractivity contribution is -0.139. The second kappa shape index (κ2) is 17.4. The number of amides is 2. The molecule has 0 aliphatic heterocycles. The van der Waals surface area contributed by atoms with Gasteiger partial charge in [-0.2, -0.15) is 0 Å². The summed E-state index contributed by atoms with van der Waals surface area (Å²) in [4.78, 5) is 50.8. The second-order valence-electron chi connectivity index (χ2n) is 10.1. The van der Waals surface area contributed by atoms with Crippen molar-refractivity contribution in [3.63, 3.8) is 0 Å². The van der Waals surface area contributed by atoms with Crippen molar-refractivity contribution < 1.29 is 43.6 Å². The SMILES string of the molecule is COc1cc(C=O)cc(I)c1OC1C=C(C(=O)NCCO)CC(N(CCCOC(C)C)C(=O)CCCC(C)=O)C1O. The maximum Gasteiger partial charge on any atom is 0.247 e. The molecule has 12 heteroatoms. The summed E-state index contributed by atoms with van der Waals surface area (Å²) in [5, 5.41) is 23.4. The summed E-state index contributed by atoms with van der Waals surface area (Å²) >= 11 is 2.00. The topological polar surface area (TPSA) is 152 Å². The number of ketones is 1. The number of aliphatic hydroxyl groups excluding tert-OH is 2. The molecule has 0 saturated heterocycles. The predicted molar refractivity (Wildman–Crippen MR) is 160 cm³/mol. The third-order valence-corrected chi connectivity index (χ3v) is 7.29. The van der Waals surface area contributed by atoms with Gasteiger partial charge < -0.3 is 39.4 Å². The molecule has 3 unspecified atom stereocenters. The molecule has 3 atom stereocenters. The number of aldehydes is 1. The highest BCUT2D eigenvalue weighted by atomic mass is 127. The first-order valence-electron chi connectivity index (χ1n) is 13.7. The zero-order chi connectivity index (χ0) is 30.5. The number of methoxy groups -OCH3 is 1. The first kappa shape index (κ1) is 34.7. The van der Waals surface area contributed by atoms with Crippen LogP contribution in [0, 0.1) is 3.57 Å². The number of nitrogens with one attached hydrogen (secondary N) is 1. The molecule has 1 aliphatic carbocycles. The fourth-order valence-corrected chi connectivity index (χ4v) is 5.25. The van der Waals surface area contributed by atoms with Gasteiger partial charge in [0.15, 0.2) is 11.5 Å². The van der Waals surface area contributed by atoms with E-state index in [1.54, 1.807) is 11.0 Å². The standard InChI is InChI=1S/C29H41IN2O9/c1-18(2)40-12-6-10-32(26(36)8-5-7-19(3)35)23-15-21(29(38)31-9-11-33)16-24(27(23)37)41-28-22(30)13-20(17-34)14-25(28)39-4/h13-14,16-18,23-24,27,33,37H,5-12,15H2,1-4H3,(H,31,38). The molecule has 2 amide bonds. The first-order chi connectivity index (χ1) is 19.5. The van der Waals surface area contributed by atoms with E-state index >= 15 is 0 Å². The Hall–Kier alpha value is -2.55. The van der Waals surface area contributed by atoms with E-state index in [0.29, 0.717) is 34.9 Å². The number of carbonyl (C=O) groups excluding carboxylic acids is 4. The van der Waals surface area contributed by atoms with Gasteiger partial charge >= 0.3 is 0 Å². The van der Waals surface area contributed by atoms with E-state index in [9.17, 15) is 29.4 Å². The molecule has 0 heterocycles. The van der Waals surface area contributed by atoms with Crippen molar-refractivity contribution in [2.75, 3.05) is 33.4 Å². The number of carbonyl (C=O) groups is 4. The van der Waals surface area contributed by atoms with Crippen LogP contribution in [-0.2, 0) is 19.1 Å². The van der Waals surface area contributed by atoms with Crippen LogP contribution in [-0.4, -0.2) is 96.8 Å². The predicted octanol–water partition coefficient (Wildman–Crippen LogP) is 2.43. The van der Waals surface area contributed by atoms with Crippen LogP contribution in [0.3, 0.4) is 0 Å². The lowest BCUT2D eigenvalue weighted by atomic mass is 9.87. The van der Waals surface area contributed by atoms with Gasteiger partial charge in [-0.05, 0) is 74.4 Å². The Morgan fingerprint density at radius 1 is 1.22 bits per heavy atom. The molecule has 0 spiro atoms. The van der Waals surface area contributed by atoms with Gasteiger partial charge in [0.1, 0.15) is 24.3 Å². The lowest BCUT2D eigenvalue weighted by Gasteiger charge is -2.41. The molecule has 0 fully saturated rings. The second-order valence-corrected chi connectivity index (χ2v) is 11.2. The van der Waals surface area contributed by atoms with Crippen molar-refractivity contribution in [2.45, 2.75) is 77.2 Å². The fourth-order valence-electron chi connectivity index (χ4n) is 4.50. The number of rotatable bonds is 17. The summed E-state index contributed by atoms with van der Waals surface area (Å²) in [5.74, 6) is -0.168. The maximum atomic E-state index is 13.5. The number of ether oxygens (including phenoxy) is 3. The van der Waals surface area contributed by atoms with Gasteiger partial charge in [0.05, 0.1) is 29.4 Å². The molecule has 1 aliphatic rings. The highest BCUT2D eigenvalue weighted by molar-refractivity contribution is 14.1.